The summed E-state index contributed by atoms with van der Waals surface area (Å²) in [6.07, 6.45) is 0. The highest BCUT2D eigenvalue weighted by molar-refractivity contribution is 9.09. The highest BCUT2D eigenvalue weighted by atomic mass is 79.9. The number of hydrogen-bond acceptors (Lipinski definition) is 5. The number of rotatable bonds is 3. The molecule has 1 amide bonds. The maximum atomic E-state index is 12.5. The quantitative estimate of drug-likeness (QED) is 0.729. The highest BCUT2D eigenvalue weighted by Crippen LogP contribution is 2.24. The van der Waals surface area contributed by atoms with Crippen LogP contribution in [0.4, 0.5) is 0 Å². The normalized spacial score (nSPS) is 17.4. The summed E-state index contributed by atoms with van der Waals surface area (Å²) in [6, 6.07) is 0. The van der Waals surface area contributed by atoms with Gasteiger partial charge in [0.15, 0.2) is 5.76 Å². The average molecular weight is 366 g/mol. The summed E-state index contributed by atoms with van der Waals surface area (Å²) in [5, 5.41) is 3.94. The van der Waals surface area contributed by atoms with Crippen LogP contribution in [0.2, 0.25) is 0 Å². The fraction of sp³-hybridized carbons (Fsp3) is 0.636. The summed E-state index contributed by atoms with van der Waals surface area (Å²) in [5.41, 5.74) is 0.362. The molecule has 0 atom stereocenters. The van der Waals surface area contributed by atoms with Gasteiger partial charge in [-0.1, -0.05) is 21.1 Å². The molecule has 0 radical (unpaired) electrons. The molecule has 0 bridgehead atoms. The molecule has 112 valence electrons. The highest BCUT2D eigenvalue weighted by Gasteiger charge is 2.33. The van der Waals surface area contributed by atoms with Crippen molar-refractivity contribution in [2.45, 2.75) is 18.7 Å². The van der Waals surface area contributed by atoms with Crippen LogP contribution in [0.1, 0.15) is 11.5 Å². The van der Waals surface area contributed by atoms with Gasteiger partial charge in [0, 0.05) is 26.2 Å². The molecule has 0 N–H and O–H groups in total. The lowest BCUT2D eigenvalue weighted by Gasteiger charge is -2.33. The van der Waals surface area contributed by atoms with Crippen LogP contribution in [0.5, 0.6) is 0 Å². The fourth-order valence-electron chi connectivity index (χ4n) is 2.23. The third-order valence-electron chi connectivity index (χ3n) is 3.27. The van der Waals surface area contributed by atoms with Gasteiger partial charge in [-0.2, -0.15) is 4.31 Å². The first-order valence-corrected chi connectivity index (χ1v) is 8.71. The molecule has 9 heteroatoms. The van der Waals surface area contributed by atoms with E-state index in [1.165, 1.54) is 4.31 Å². The Hall–Kier alpha value is -0.930. The Morgan fingerprint density at radius 1 is 1.30 bits per heavy atom. The van der Waals surface area contributed by atoms with Crippen LogP contribution >= 0.6 is 15.9 Å². The Bertz CT molecular complexity index is 586. The van der Waals surface area contributed by atoms with Crippen molar-refractivity contribution in [1.82, 2.24) is 14.4 Å². The number of carbonyl (C=O) groups is 1. The zero-order valence-corrected chi connectivity index (χ0v) is 13.7. The summed E-state index contributed by atoms with van der Waals surface area (Å²) >= 11 is 3.11. The van der Waals surface area contributed by atoms with Gasteiger partial charge in [-0.3, -0.25) is 4.79 Å². The molecular weight excluding hydrogens is 350 g/mol. The summed E-state index contributed by atoms with van der Waals surface area (Å²) in [5.74, 6) is 0.265. The number of aromatic nitrogens is 1. The minimum absolute atomic E-state index is 0.0283. The predicted molar refractivity (Wildman–Crippen MR) is 75.1 cm³/mol. The molecule has 0 saturated carbocycles. The van der Waals surface area contributed by atoms with Crippen molar-refractivity contribution in [2.24, 2.45) is 0 Å². The van der Waals surface area contributed by atoms with E-state index in [1.807, 2.05) is 0 Å². The molecule has 1 aliphatic heterocycles. The third kappa shape index (κ3) is 2.75. The molecule has 20 heavy (non-hydrogen) atoms. The van der Waals surface area contributed by atoms with Crippen LogP contribution in [0.25, 0.3) is 0 Å². The van der Waals surface area contributed by atoms with Crippen LogP contribution in [0.3, 0.4) is 0 Å². The minimum Gasteiger partial charge on any atom is -0.360 e. The van der Waals surface area contributed by atoms with Gasteiger partial charge in [-0.25, -0.2) is 8.42 Å². The zero-order valence-electron chi connectivity index (χ0n) is 11.3. The van der Waals surface area contributed by atoms with E-state index in [-0.39, 0.29) is 29.2 Å². The molecule has 0 aliphatic carbocycles. The molecule has 7 nitrogen and oxygen atoms in total. The standard InChI is InChI=1S/C11H16BrN3O4S/c1-8-11(9(2)19-13-8)20(17,18)15-5-3-14(4-6-15)10(16)7-12/h3-7H2,1-2H3. The summed E-state index contributed by atoms with van der Waals surface area (Å²) in [7, 11) is -3.61. The van der Waals surface area contributed by atoms with Crippen LogP contribution < -0.4 is 0 Å². The first-order valence-electron chi connectivity index (χ1n) is 6.14. The number of amides is 1. The summed E-state index contributed by atoms with van der Waals surface area (Å²) in [6.45, 7) is 4.54. The first kappa shape index (κ1) is 15.5. The van der Waals surface area contributed by atoms with E-state index in [9.17, 15) is 13.2 Å². The monoisotopic (exact) mass is 365 g/mol. The molecular formula is C11H16BrN3O4S. The smallest absolute Gasteiger partial charge is 0.248 e. The number of hydrogen-bond donors (Lipinski definition) is 0. The van der Waals surface area contributed by atoms with E-state index in [4.69, 9.17) is 4.52 Å². The lowest BCUT2D eigenvalue weighted by molar-refractivity contribution is -0.129. The van der Waals surface area contributed by atoms with Gasteiger partial charge in [0.25, 0.3) is 0 Å². The van der Waals surface area contributed by atoms with E-state index in [2.05, 4.69) is 21.1 Å². The van der Waals surface area contributed by atoms with Gasteiger partial charge in [-0.05, 0) is 13.8 Å². The maximum absolute atomic E-state index is 12.5. The maximum Gasteiger partial charge on any atom is 0.248 e. The van der Waals surface area contributed by atoms with E-state index in [1.54, 1.807) is 18.7 Å². The number of halogens is 1. The van der Waals surface area contributed by atoms with Gasteiger partial charge in [0.1, 0.15) is 10.6 Å². The number of aryl methyl sites for hydroxylation is 2. The lowest BCUT2D eigenvalue weighted by atomic mass is 10.3. The Morgan fingerprint density at radius 3 is 2.35 bits per heavy atom. The second kappa shape index (κ2) is 5.82. The number of nitrogens with zero attached hydrogens (tertiary/aromatic N) is 3. The second-order valence-corrected chi connectivity index (χ2v) is 7.01. The predicted octanol–water partition coefficient (Wildman–Crippen LogP) is 0.519. The summed E-state index contributed by atoms with van der Waals surface area (Å²) in [4.78, 5) is 13.3. The molecule has 2 heterocycles. The van der Waals surface area contributed by atoms with Gasteiger partial charge < -0.3 is 9.42 Å². The molecule has 0 spiro atoms. The Morgan fingerprint density at radius 2 is 1.90 bits per heavy atom. The number of sulfonamides is 1. The molecule has 1 fully saturated rings. The van der Waals surface area contributed by atoms with Crippen LogP contribution in [-0.2, 0) is 14.8 Å². The fourth-order valence-corrected chi connectivity index (χ4v) is 4.30. The average Bonchev–Trinajstić information content (AvgIpc) is 2.78. The van der Waals surface area contributed by atoms with Crippen molar-refractivity contribution in [1.29, 1.82) is 0 Å². The third-order valence-corrected chi connectivity index (χ3v) is 5.89. The zero-order chi connectivity index (χ0) is 14.9. The lowest BCUT2D eigenvalue weighted by Crippen LogP contribution is -2.50. The Labute approximate surface area is 126 Å². The first-order chi connectivity index (χ1) is 9.37. The largest absolute Gasteiger partial charge is 0.360 e. The van der Waals surface area contributed by atoms with Crippen molar-refractivity contribution in [3.63, 3.8) is 0 Å². The van der Waals surface area contributed by atoms with E-state index in [0.717, 1.165) is 0 Å². The van der Waals surface area contributed by atoms with Crippen molar-refractivity contribution in [2.75, 3.05) is 31.5 Å². The van der Waals surface area contributed by atoms with Crippen molar-refractivity contribution in [3.05, 3.63) is 11.5 Å². The topological polar surface area (TPSA) is 83.7 Å². The number of carbonyl (C=O) groups excluding carboxylic acids is 1. The molecule has 1 aromatic heterocycles. The SMILES string of the molecule is Cc1noc(C)c1S(=O)(=O)N1CCN(C(=O)CBr)CC1. The molecule has 2 rings (SSSR count). The van der Waals surface area contributed by atoms with Gasteiger partial charge in [-0.15, -0.1) is 0 Å². The van der Waals surface area contributed by atoms with Gasteiger partial charge in [0.05, 0.1) is 5.33 Å². The molecule has 0 aromatic carbocycles. The van der Waals surface area contributed by atoms with Crippen LogP contribution in [-0.4, -0.2) is 60.2 Å². The van der Waals surface area contributed by atoms with E-state index in [0.29, 0.717) is 24.5 Å². The van der Waals surface area contributed by atoms with E-state index >= 15 is 0 Å². The number of alkyl halides is 1. The summed E-state index contributed by atoms with van der Waals surface area (Å²) < 4.78 is 31.4. The Balaban J connectivity index is 2.16. The Kier molecular flexibility index (Phi) is 4.50. The molecule has 1 aromatic rings. The second-order valence-electron chi connectivity index (χ2n) is 4.57. The van der Waals surface area contributed by atoms with E-state index < -0.39 is 10.0 Å². The van der Waals surface area contributed by atoms with Crippen molar-refractivity contribution < 1.29 is 17.7 Å². The molecule has 1 saturated heterocycles. The number of piperazine rings is 1. The van der Waals surface area contributed by atoms with Crippen molar-refractivity contribution in [3.8, 4) is 0 Å². The molecule has 1 aliphatic rings. The van der Waals surface area contributed by atoms with Gasteiger partial charge in [0.2, 0.25) is 15.9 Å². The molecule has 0 unspecified atom stereocenters. The minimum atomic E-state index is -3.61. The van der Waals surface area contributed by atoms with Crippen LogP contribution in [0, 0.1) is 13.8 Å². The van der Waals surface area contributed by atoms with Gasteiger partial charge >= 0.3 is 0 Å². The van der Waals surface area contributed by atoms with Crippen molar-refractivity contribution >= 4 is 31.9 Å². The van der Waals surface area contributed by atoms with Crippen LogP contribution in [0.15, 0.2) is 9.42 Å².